The molecule has 2 N–H and O–H groups in total. The molecule has 144 valence electrons. The van der Waals surface area contributed by atoms with E-state index in [0.717, 1.165) is 44.7 Å². The highest BCUT2D eigenvalue weighted by Gasteiger charge is 2.35. The van der Waals surface area contributed by atoms with E-state index in [1.807, 2.05) is 42.5 Å². The molecular weight excluding hydrogens is 348 g/mol. The number of carbonyl (C=O) groups excluding carboxylic acids is 1. The summed E-state index contributed by atoms with van der Waals surface area (Å²) in [5.41, 5.74) is 3.07. The molecule has 2 heterocycles. The Labute approximate surface area is 166 Å². The minimum absolute atomic E-state index is 0.000967. The Hall–Kier alpha value is -2.84. The third-order valence-corrected chi connectivity index (χ3v) is 5.98. The Morgan fingerprint density at radius 1 is 1.04 bits per heavy atom. The summed E-state index contributed by atoms with van der Waals surface area (Å²) in [6.45, 7) is 3.44. The molecule has 0 radical (unpaired) electrons. The lowest BCUT2D eigenvalue weighted by molar-refractivity contribution is -0.125. The van der Waals surface area contributed by atoms with Crippen molar-refractivity contribution in [2.75, 3.05) is 31.1 Å². The first-order valence-electron chi connectivity index (χ1n) is 10.1. The first-order valence-corrected chi connectivity index (χ1v) is 10.1. The monoisotopic (exact) mass is 374 g/mol. The molecule has 0 saturated carbocycles. The highest BCUT2D eigenvalue weighted by atomic mass is 16.2. The molecular formula is C23H26N4O. The number of piperidine rings is 1. The second-order valence-electron chi connectivity index (χ2n) is 7.71. The zero-order valence-corrected chi connectivity index (χ0v) is 16.0. The summed E-state index contributed by atoms with van der Waals surface area (Å²) < 4.78 is 0. The van der Waals surface area contributed by atoms with Gasteiger partial charge in [-0.15, -0.1) is 0 Å². The van der Waals surface area contributed by atoms with Crippen LogP contribution in [0.5, 0.6) is 0 Å². The summed E-state index contributed by atoms with van der Waals surface area (Å²) >= 11 is 0. The SMILES string of the molecule is N#Cc1ccc(N2CCC(NC(=O)C3CNC[C@H]3c3ccccc3)CC2)cc1. The summed E-state index contributed by atoms with van der Waals surface area (Å²) in [6, 6.07) is 20.5. The number of rotatable bonds is 4. The van der Waals surface area contributed by atoms with Crippen molar-refractivity contribution in [3.63, 3.8) is 0 Å². The zero-order valence-electron chi connectivity index (χ0n) is 16.0. The molecule has 2 aromatic rings. The summed E-state index contributed by atoms with van der Waals surface area (Å²) in [6.07, 6.45) is 1.89. The van der Waals surface area contributed by atoms with Gasteiger partial charge in [0.25, 0.3) is 0 Å². The van der Waals surface area contributed by atoms with Crippen LogP contribution in [0.1, 0.15) is 29.9 Å². The van der Waals surface area contributed by atoms with Gasteiger partial charge in [-0.3, -0.25) is 4.79 Å². The standard InChI is InChI=1S/C23H26N4O/c24-14-17-6-8-20(9-7-17)27-12-10-19(11-13-27)26-23(28)22-16-25-15-21(22)18-4-2-1-3-5-18/h1-9,19,21-22,25H,10-13,15-16H2,(H,26,28)/t21-,22?/m0/s1. The third-order valence-electron chi connectivity index (χ3n) is 5.98. The molecule has 4 rings (SSSR count). The predicted octanol–water partition coefficient (Wildman–Crippen LogP) is 2.65. The number of hydrogen-bond acceptors (Lipinski definition) is 4. The fraction of sp³-hybridized carbons (Fsp3) is 0.391. The van der Waals surface area contributed by atoms with Gasteiger partial charge in [-0.1, -0.05) is 30.3 Å². The maximum absolute atomic E-state index is 12.9. The molecule has 1 unspecified atom stereocenters. The fourth-order valence-electron chi connectivity index (χ4n) is 4.34. The van der Waals surface area contributed by atoms with E-state index < -0.39 is 0 Å². The smallest absolute Gasteiger partial charge is 0.225 e. The molecule has 2 aromatic carbocycles. The number of nitriles is 1. The highest BCUT2D eigenvalue weighted by Crippen LogP contribution is 2.29. The van der Waals surface area contributed by atoms with E-state index in [4.69, 9.17) is 5.26 Å². The van der Waals surface area contributed by atoms with Crippen LogP contribution in [0, 0.1) is 17.2 Å². The fourth-order valence-corrected chi connectivity index (χ4v) is 4.34. The highest BCUT2D eigenvalue weighted by molar-refractivity contribution is 5.80. The second-order valence-corrected chi connectivity index (χ2v) is 7.71. The van der Waals surface area contributed by atoms with Crippen molar-refractivity contribution in [3.05, 3.63) is 65.7 Å². The number of anilines is 1. The molecule has 1 amide bonds. The lowest BCUT2D eigenvalue weighted by atomic mass is 9.88. The van der Waals surface area contributed by atoms with Crippen molar-refractivity contribution >= 4 is 11.6 Å². The van der Waals surface area contributed by atoms with Crippen LogP contribution in [0.25, 0.3) is 0 Å². The lowest BCUT2D eigenvalue weighted by Crippen LogP contribution is -2.47. The van der Waals surface area contributed by atoms with Crippen LogP contribution in [0.15, 0.2) is 54.6 Å². The van der Waals surface area contributed by atoms with Crippen LogP contribution in [0.3, 0.4) is 0 Å². The Kier molecular flexibility index (Phi) is 5.59. The number of hydrogen-bond donors (Lipinski definition) is 2. The largest absolute Gasteiger partial charge is 0.371 e. The van der Waals surface area contributed by atoms with Crippen molar-refractivity contribution in [1.29, 1.82) is 5.26 Å². The number of nitrogens with one attached hydrogen (secondary N) is 2. The van der Waals surface area contributed by atoms with E-state index >= 15 is 0 Å². The maximum Gasteiger partial charge on any atom is 0.225 e. The summed E-state index contributed by atoms with van der Waals surface area (Å²) in [5, 5.41) is 15.6. The molecule has 5 nitrogen and oxygen atoms in total. The molecule has 2 aliphatic rings. The van der Waals surface area contributed by atoms with Crippen molar-refractivity contribution in [1.82, 2.24) is 10.6 Å². The molecule has 28 heavy (non-hydrogen) atoms. The molecule has 2 aliphatic heterocycles. The van der Waals surface area contributed by atoms with Crippen LogP contribution in [-0.2, 0) is 4.79 Å². The Morgan fingerprint density at radius 3 is 2.43 bits per heavy atom. The normalized spacial score (nSPS) is 22.6. The number of benzene rings is 2. The van der Waals surface area contributed by atoms with Gasteiger partial charge in [0.15, 0.2) is 0 Å². The lowest BCUT2D eigenvalue weighted by Gasteiger charge is -2.34. The third kappa shape index (κ3) is 4.02. The number of carbonyl (C=O) groups is 1. The number of amides is 1. The molecule has 0 spiro atoms. The van der Waals surface area contributed by atoms with Gasteiger partial charge in [-0.2, -0.15) is 5.26 Å². The van der Waals surface area contributed by atoms with E-state index in [0.29, 0.717) is 5.56 Å². The average molecular weight is 374 g/mol. The maximum atomic E-state index is 12.9. The van der Waals surface area contributed by atoms with Crippen LogP contribution in [0.4, 0.5) is 5.69 Å². The van der Waals surface area contributed by atoms with Gasteiger partial charge in [0, 0.05) is 43.8 Å². The minimum Gasteiger partial charge on any atom is -0.371 e. The van der Waals surface area contributed by atoms with E-state index in [9.17, 15) is 4.79 Å². The minimum atomic E-state index is -0.000967. The Bertz CT molecular complexity index is 835. The van der Waals surface area contributed by atoms with Crippen molar-refractivity contribution in [3.8, 4) is 6.07 Å². The molecule has 0 aliphatic carbocycles. The first-order chi connectivity index (χ1) is 13.7. The average Bonchev–Trinajstić information content (AvgIpc) is 3.25. The van der Waals surface area contributed by atoms with E-state index in [1.165, 1.54) is 5.56 Å². The van der Waals surface area contributed by atoms with Gasteiger partial charge < -0.3 is 15.5 Å². The van der Waals surface area contributed by atoms with E-state index in [-0.39, 0.29) is 23.8 Å². The van der Waals surface area contributed by atoms with Gasteiger partial charge in [0.1, 0.15) is 0 Å². The quantitative estimate of drug-likeness (QED) is 0.863. The van der Waals surface area contributed by atoms with Gasteiger partial charge >= 0.3 is 0 Å². The molecule has 2 fully saturated rings. The first kappa shape index (κ1) is 18.5. The van der Waals surface area contributed by atoms with Gasteiger partial charge in [0.05, 0.1) is 17.6 Å². The molecule has 5 heteroatoms. The summed E-state index contributed by atoms with van der Waals surface area (Å²) in [4.78, 5) is 15.3. The molecule has 0 bridgehead atoms. The van der Waals surface area contributed by atoms with Crippen molar-refractivity contribution in [2.24, 2.45) is 5.92 Å². The van der Waals surface area contributed by atoms with Crippen molar-refractivity contribution < 1.29 is 4.79 Å². The van der Waals surface area contributed by atoms with Crippen LogP contribution < -0.4 is 15.5 Å². The Morgan fingerprint density at radius 2 is 1.75 bits per heavy atom. The van der Waals surface area contributed by atoms with Gasteiger partial charge in [-0.05, 0) is 42.7 Å². The van der Waals surface area contributed by atoms with Crippen LogP contribution in [0.2, 0.25) is 0 Å². The molecule has 2 saturated heterocycles. The topological polar surface area (TPSA) is 68.2 Å². The zero-order chi connectivity index (χ0) is 19.3. The summed E-state index contributed by atoms with van der Waals surface area (Å²) in [7, 11) is 0. The van der Waals surface area contributed by atoms with Gasteiger partial charge in [0.2, 0.25) is 5.91 Å². The van der Waals surface area contributed by atoms with Crippen molar-refractivity contribution in [2.45, 2.75) is 24.8 Å². The predicted molar refractivity (Wildman–Crippen MR) is 110 cm³/mol. The van der Waals surface area contributed by atoms with E-state index in [1.54, 1.807) is 0 Å². The second kappa shape index (κ2) is 8.45. The van der Waals surface area contributed by atoms with E-state index in [2.05, 4.69) is 33.7 Å². The summed E-state index contributed by atoms with van der Waals surface area (Å²) in [5.74, 6) is 0.426. The molecule has 2 atom stereocenters. The van der Waals surface area contributed by atoms with Crippen LogP contribution >= 0.6 is 0 Å². The molecule has 0 aromatic heterocycles. The number of nitrogens with zero attached hydrogens (tertiary/aromatic N) is 2. The van der Waals surface area contributed by atoms with Gasteiger partial charge in [-0.25, -0.2) is 0 Å². The Balaban J connectivity index is 1.32. The van der Waals surface area contributed by atoms with Crippen LogP contribution in [-0.4, -0.2) is 38.1 Å².